The van der Waals surface area contributed by atoms with Crippen molar-refractivity contribution in [2.45, 2.75) is 0 Å². The number of benzene rings is 1. The standard InChI is InChI=1S/C9H5BrFNO3S/c10-8-5-12-9(16(8,13)14)15-7-3-1-6(11)2-4-7/h1-5H. The lowest BCUT2D eigenvalue weighted by Crippen LogP contribution is -2.17. The highest BCUT2D eigenvalue weighted by Gasteiger charge is 2.30. The first-order valence-corrected chi connectivity index (χ1v) is 6.40. The van der Waals surface area contributed by atoms with Crippen molar-refractivity contribution in [2.24, 2.45) is 4.99 Å². The molecule has 1 aliphatic rings. The van der Waals surface area contributed by atoms with Crippen LogP contribution in [0, 0.1) is 5.82 Å². The second-order valence-corrected chi connectivity index (χ2v) is 6.06. The number of aliphatic imine (C=N–C) groups is 1. The Hall–Kier alpha value is -1.21. The van der Waals surface area contributed by atoms with Crippen LogP contribution in [0.25, 0.3) is 0 Å². The van der Waals surface area contributed by atoms with Crippen LogP contribution >= 0.6 is 15.9 Å². The van der Waals surface area contributed by atoms with Gasteiger partial charge in [0.1, 0.15) is 15.4 Å². The van der Waals surface area contributed by atoms with Crippen LogP contribution in [0.2, 0.25) is 0 Å². The number of rotatable bonds is 1. The zero-order chi connectivity index (χ0) is 11.8. The summed E-state index contributed by atoms with van der Waals surface area (Å²) in [5, 5.41) is -0.425. The Morgan fingerprint density at radius 3 is 2.38 bits per heavy atom. The van der Waals surface area contributed by atoms with Crippen molar-refractivity contribution in [3.63, 3.8) is 0 Å². The summed E-state index contributed by atoms with van der Waals surface area (Å²) >= 11 is 2.84. The van der Waals surface area contributed by atoms with Gasteiger partial charge in [0.05, 0.1) is 6.20 Å². The Bertz CT molecular complexity index is 577. The van der Waals surface area contributed by atoms with Gasteiger partial charge in [0.25, 0.3) is 9.84 Å². The molecule has 1 heterocycles. The number of ether oxygens (including phenoxy) is 1. The van der Waals surface area contributed by atoms with Crippen LogP contribution in [-0.4, -0.2) is 13.6 Å². The van der Waals surface area contributed by atoms with Gasteiger partial charge >= 0.3 is 5.23 Å². The number of nitrogens with zero attached hydrogens (tertiary/aromatic N) is 1. The third kappa shape index (κ3) is 2.00. The molecule has 7 heteroatoms. The minimum absolute atomic E-state index is 0.0582. The molecule has 4 nitrogen and oxygen atoms in total. The van der Waals surface area contributed by atoms with Crippen molar-refractivity contribution in [2.75, 3.05) is 0 Å². The average Bonchev–Trinajstić information content (AvgIpc) is 2.48. The lowest BCUT2D eigenvalue weighted by Gasteiger charge is -2.04. The summed E-state index contributed by atoms with van der Waals surface area (Å²) in [6.45, 7) is 0. The largest absolute Gasteiger partial charge is 0.430 e. The van der Waals surface area contributed by atoms with Crippen LogP contribution in [0.1, 0.15) is 0 Å². The number of hydrogen-bond donors (Lipinski definition) is 0. The van der Waals surface area contributed by atoms with E-state index in [4.69, 9.17) is 4.74 Å². The second-order valence-electron chi connectivity index (χ2n) is 2.89. The summed E-state index contributed by atoms with van der Waals surface area (Å²) in [6.07, 6.45) is 1.13. The summed E-state index contributed by atoms with van der Waals surface area (Å²) in [5.74, 6) is -0.220. The van der Waals surface area contributed by atoms with E-state index in [1.807, 2.05) is 0 Å². The van der Waals surface area contributed by atoms with Crippen LogP contribution in [0.5, 0.6) is 5.75 Å². The first kappa shape index (κ1) is 11.3. The Morgan fingerprint density at radius 1 is 1.25 bits per heavy atom. The molecule has 84 valence electrons. The van der Waals surface area contributed by atoms with E-state index in [0.29, 0.717) is 0 Å². The predicted molar refractivity (Wildman–Crippen MR) is 60.4 cm³/mol. The van der Waals surface area contributed by atoms with Crippen LogP contribution in [0.4, 0.5) is 4.39 Å². The molecule has 16 heavy (non-hydrogen) atoms. The van der Waals surface area contributed by atoms with Gasteiger partial charge in [-0.2, -0.15) is 0 Å². The molecule has 1 aliphatic heterocycles. The molecular formula is C9H5BrFNO3S. The fourth-order valence-electron chi connectivity index (χ4n) is 1.01. The molecule has 0 aliphatic carbocycles. The predicted octanol–water partition coefficient (Wildman–Crippen LogP) is 2.18. The smallest absolute Gasteiger partial charge is 0.320 e. The third-order valence-electron chi connectivity index (χ3n) is 1.78. The molecular weight excluding hydrogens is 301 g/mol. The highest BCUT2D eigenvalue weighted by Crippen LogP contribution is 2.24. The highest BCUT2D eigenvalue weighted by molar-refractivity contribution is 9.14. The van der Waals surface area contributed by atoms with Crippen LogP contribution in [0.15, 0.2) is 39.3 Å². The van der Waals surface area contributed by atoms with Gasteiger partial charge in [-0.3, -0.25) is 0 Å². The van der Waals surface area contributed by atoms with E-state index in [9.17, 15) is 12.8 Å². The van der Waals surface area contributed by atoms with E-state index >= 15 is 0 Å². The minimum atomic E-state index is -3.66. The van der Waals surface area contributed by atoms with E-state index < -0.39 is 20.9 Å². The van der Waals surface area contributed by atoms with Gasteiger partial charge in [-0.25, -0.2) is 17.8 Å². The molecule has 0 N–H and O–H groups in total. The number of sulfone groups is 1. The number of hydrogen-bond acceptors (Lipinski definition) is 4. The minimum Gasteiger partial charge on any atom is -0.430 e. The molecule has 1 aromatic carbocycles. The lowest BCUT2D eigenvalue weighted by atomic mass is 10.3. The topological polar surface area (TPSA) is 55.7 Å². The van der Waals surface area contributed by atoms with Gasteiger partial charge in [0.15, 0.2) is 0 Å². The summed E-state index contributed by atoms with van der Waals surface area (Å²) in [4.78, 5) is 3.59. The fraction of sp³-hybridized carbons (Fsp3) is 0. The van der Waals surface area contributed by atoms with E-state index in [1.165, 1.54) is 24.3 Å². The van der Waals surface area contributed by atoms with Crippen LogP contribution < -0.4 is 4.74 Å². The Labute approximate surface area is 99.5 Å². The molecule has 0 fully saturated rings. The van der Waals surface area contributed by atoms with E-state index in [0.717, 1.165) is 6.20 Å². The van der Waals surface area contributed by atoms with E-state index in [1.54, 1.807) is 0 Å². The second kappa shape index (κ2) is 3.99. The maximum Gasteiger partial charge on any atom is 0.320 e. The zero-order valence-corrected chi connectivity index (χ0v) is 10.1. The van der Waals surface area contributed by atoms with Crippen molar-refractivity contribution >= 4 is 31.0 Å². The molecule has 0 bridgehead atoms. The van der Waals surface area contributed by atoms with Gasteiger partial charge in [-0.15, -0.1) is 0 Å². The fourth-order valence-corrected chi connectivity index (χ4v) is 2.28. The molecule has 2 rings (SSSR count). The van der Waals surface area contributed by atoms with E-state index in [2.05, 4.69) is 20.9 Å². The van der Waals surface area contributed by atoms with Crippen LogP contribution in [-0.2, 0) is 9.84 Å². The maximum absolute atomic E-state index is 12.6. The van der Waals surface area contributed by atoms with E-state index in [-0.39, 0.29) is 9.56 Å². The quantitative estimate of drug-likeness (QED) is 0.799. The molecule has 0 saturated heterocycles. The molecule has 0 amide bonds. The Balaban J connectivity index is 2.23. The van der Waals surface area contributed by atoms with Crippen molar-refractivity contribution in [1.29, 1.82) is 0 Å². The van der Waals surface area contributed by atoms with Crippen molar-refractivity contribution in [3.8, 4) is 5.75 Å². The molecule has 0 radical (unpaired) electrons. The van der Waals surface area contributed by atoms with Gasteiger partial charge in [0, 0.05) is 0 Å². The lowest BCUT2D eigenvalue weighted by molar-refractivity contribution is 0.546. The summed E-state index contributed by atoms with van der Waals surface area (Å²) in [7, 11) is -3.66. The summed E-state index contributed by atoms with van der Waals surface area (Å²) < 4.78 is 40.6. The summed E-state index contributed by atoms with van der Waals surface area (Å²) in [5.41, 5.74) is 0. The maximum atomic E-state index is 12.6. The average molecular weight is 306 g/mol. The summed E-state index contributed by atoms with van der Waals surface area (Å²) in [6, 6.07) is 4.97. The van der Waals surface area contributed by atoms with Crippen LogP contribution in [0.3, 0.4) is 0 Å². The monoisotopic (exact) mass is 305 g/mol. The zero-order valence-electron chi connectivity index (χ0n) is 7.72. The molecule has 0 atom stereocenters. The SMILES string of the molecule is O=S1(=O)C(Br)=CN=C1Oc1ccc(F)cc1. The molecule has 0 aromatic heterocycles. The van der Waals surface area contributed by atoms with Crippen molar-refractivity contribution < 1.29 is 17.5 Å². The normalized spacial score (nSPS) is 17.9. The van der Waals surface area contributed by atoms with Gasteiger partial charge in [-0.05, 0) is 40.2 Å². The van der Waals surface area contributed by atoms with Crippen molar-refractivity contribution in [3.05, 3.63) is 40.1 Å². The highest BCUT2D eigenvalue weighted by atomic mass is 79.9. The van der Waals surface area contributed by atoms with Gasteiger partial charge < -0.3 is 4.74 Å². The molecule has 0 spiro atoms. The molecule has 0 unspecified atom stereocenters. The Kier molecular flexibility index (Phi) is 2.81. The first-order valence-electron chi connectivity index (χ1n) is 4.12. The van der Waals surface area contributed by atoms with Crippen molar-refractivity contribution in [1.82, 2.24) is 0 Å². The first-order chi connectivity index (χ1) is 7.50. The van der Waals surface area contributed by atoms with Gasteiger partial charge in [-0.1, -0.05) is 0 Å². The Morgan fingerprint density at radius 2 is 1.88 bits per heavy atom. The van der Waals surface area contributed by atoms with Gasteiger partial charge in [0.2, 0.25) is 0 Å². The third-order valence-corrected chi connectivity index (χ3v) is 4.53. The number of halogens is 2. The molecule has 1 aromatic rings. The molecule has 0 saturated carbocycles.